The maximum Gasteiger partial charge on any atom is 0.204 e. The zero-order chi connectivity index (χ0) is 14.9. The van der Waals surface area contributed by atoms with Crippen LogP contribution >= 0.6 is 0 Å². The van der Waals surface area contributed by atoms with Crippen LogP contribution in [-0.4, -0.2) is 37.3 Å². The number of anilines is 2. The van der Waals surface area contributed by atoms with Gasteiger partial charge in [0, 0.05) is 13.6 Å². The first-order chi connectivity index (χ1) is 10.3. The molecular weight excluding hydrogens is 268 g/mol. The summed E-state index contributed by atoms with van der Waals surface area (Å²) in [5.74, 6) is 2.84. The van der Waals surface area contributed by atoms with Gasteiger partial charge in [0.25, 0.3) is 0 Å². The van der Waals surface area contributed by atoms with Crippen LogP contribution in [0.4, 0.5) is 11.6 Å². The third kappa shape index (κ3) is 4.24. The molecular formula is C15H20N4O2. The van der Waals surface area contributed by atoms with Crippen molar-refractivity contribution in [2.45, 2.75) is 6.42 Å². The minimum Gasteiger partial charge on any atom is -0.494 e. The molecule has 0 aliphatic carbocycles. The van der Waals surface area contributed by atoms with Crippen molar-refractivity contribution >= 4 is 11.6 Å². The first-order valence-corrected chi connectivity index (χ1v) is 6.83. The first kappa shape index (κ1) is 14.9. The van der Waals surface area contributed by atoms with E-state index in [9.17, 15) is 0 Å². The fraction of sp³-hybridized carbons (Fsp3) is 0.333. The van der Waals surface area contributed by atoms with Crippen LogP contribution in [0.2, 0.25) is 0 Å². The molecule has 1 heterocycles. The van der Waals surface area contributed by atoms with Crippen molar-refractivity contribution in [3.8, 4) is 11.5 Å². The lowest BCUT2D eigenvalue weighted by atomic mass is 10.3. The number of hydrogen-bond donors (Lipinski definition) is 2. The highest BCUT2D eigenvalue weighted by atomic mass is 16.5. The number of rotatable bonds is 8. The highest BCUT2D eigenvalue weighted by molar-refractivity contribution is 5.63. The molecule has 0 aliphatic rings. The summed E-state index contributed by atoms with van der Waals surface area (Å²) < 4.78 is 10.9. The second-order valence-corrected chi connectivity index (χ2v) is 4.30. The molecule has 1 aromatic heterocycles. The van der Waals surface area contributed by atoms with E-state index in [1.807, 2.05) is 30.3 Å². The number of aromatic nitrogens is 2. The van der Waals surface area contributed by atoms with E-state index in [1.54, 1.807) is 14.2 Å². The maximum atomic E-state index is 5.63. The van der Waals surface area contributed by atoms with Crippen LogP contribution < -0.4 is 20.1 Å². The Hall–Kier alpha value is -2.50. The number of nitrogens with one attached hydrogen (secondary N) is 2. The number of ether oxygens (including phenoxy) is 2. The fourth-order valence-electron chi connectivity index (χ4n) is 1.86. The van der Waals surface area contributed by atoms with Gasteiger partial charge in [0.05, 0.1) is 13.7 Å². The predicted molar refractivity (Wildman–Crippen MR) is 83.2 cm³/mol. The molecule has 112 valence electrons. The van der Waals surface area contributed by atoms with Crippen molar-refractivity contribution in [3.05, 3.63) is 36.7 Å². The third-order valence-electron chi connectivity index (χ3n) is 2.87. The standard InChI is InChI=1S/C15H20N4O2/c1-16-14-13(20-2)15(19-11-18-14)17-9-6-10-21-12-7-4-3-5-8-12/h3-5,7-8,11H,6,9-10H2,1-2H3,(H2,16,17,18,19). The zero-order valence-corrected chi connectivity index (χ0v) is 12.3. The summed E-state index contributed by atoms with van der Waals surface area (Å²) in [7, 11) is 3.39. The van der Waals surface area contributed by atoms with E-state index in [-0.39, 0.29) is 0 Å². The maximum absolute atomic E-state index is 5.63. The van der Waals surface area contributed by atoms with E-state index in [0.29, 0.717) is 24.0 Å². The molecule has 1 aromatic carbocycles. The fourth-order valence-corrected chi connectivity index (χ4v) is 1.86. The molecule has 21 heavy (non-hydrogen) atoms. The van der Waals surface area contributed by atoms with Gasteiger partial charge in [0.1, 0.15) is 12.1 Å². The molecule has 2 N–H and O–H groups in total. The van der Waals surface area contributed by atoms with E-state index < -0.39 is 0 Å². The predicted octanol–water partition coefficient (Wildman–Crippen LogP) is 2.41. The number of nitrogens with zero attached hydrogens (tertiary/aromatic N) is 2. The average Bonchev–Trinajstić information content (AvgIpc) is 2.55. The molecule has 0 bridgehead atoms. The molecule has 6 nitrogen and oxygen atoms in total. The van der Waals surface area contributed by atoms with E-state index in [2.05, 4.69) is 20.6 Å². The van der Waals surface area contributed by atoms with Crippen LogP contribution in [0.3, 0.4) is 0 Å². The smallest absolute Gasteiger partial charge is 0.204 e. The molecule has 0 fully saturated rings. The number of hydrogen-bond acceptors (Lipinski definition) is 6. The molecule has 0 saturated carbocycles. The van der Waals surface area contributed by atoms with Gasteiger partial charge in [-0.15, -0.1) is 0 Å². The third-order valence-corrected chi connectivity index (χ3v) is 2.87. The minimum atomic E-state index is 0.615. The Kier molecular flexibility index (Phi) is 5.63. The second kappa shape index (κ2) is 7.94. The molecule has 0 saturated heterocycles. The van der Waals surface area contributed by atoms with Gasteiger partial charge in [-0.05, 0) is 18.6 Å². The second-order valence-electron chi connectivity index (χ2n) is 4.30. The highest BCUT2D eigenvalue weighted by Gasteiger charge is 2.09. The zero-order valence-electron chi connectivity index (χ0n) is 12.3. The highest BCUT2D eigenvalue weighted by Crippen LogP contribution is 2.28. The molecule has 0 aliphatic heterocycles. The molecule has 0 radical (unpaired) electrons. The van der Waals surface area contributed by atoms with Crippen molar-refractivity contribution < 1.29 is 9.47 Å². The van der Waals surface area contributed by atoms with Crippen molar-refractivity contribution in [1.29, 1.82) is 0 Å². The molecule has 0 amide bonds. The lowest BCUT2D eigenvalue weighted by Gasteiger charge is -2.12. The van der Waals surface area contributed by atoms with Crippen LogP contribution in [0.15, 0.2) is 36.7 Å². The van der Waals surface area contributed by atoms with E-state index in [0.717, 1.165) is 18.7 Å². The van der Waals surface area contributed by atoms with Crippen LogP contribution in [0.5, 0.6) is 11.5 Å². The molecule has 2 rings (SSSR count). The number of benzene rings is 1. The summed E-state index contributed by atoms with van der Waals surface area (Å²) in [5, 5.41) is 6.20. The van der Waals surface area contributed by atoms with Crippen molar-refractivity contribution in [3.63, 3.8) is 0 Å². The Morgan fingerprint density at radius 1 is 1.10 bits per heavy atom. The molecule has 0 atom stereocenters. The first-order valence-electron chi connectivity index (χ1n) is 6.83. The van der Waals surface area contributed by atoms with Gasteiger partial charge in [-0.1, -0.05) is 18.2 Å². The Labute approximate surface area is 124 Å². The molecule has 0 spiro atoms. The van der Waals surface area contributed by atoms with Crippen molar-refractivity contribution in [2.75, 3.05) is 37.9 Å². The Morgan fingerprint density at radius 3 is 2.57 bits per heavy atom. The SMILES string of the molecule is CNc1ncnc(NCCCOc2ccccc2)c1OC. The van der Waals surface area contributed by atoms with Gasteiger partial charge < -0.3 is 20.1 Å². The summed E-state index contributed by atoms with van der Waals surface area (Å²) in [4.78, 5) is 8.29. The lowest BCUT2D eigenvalue weighted by molar-refractivity contribution is 0.315. The minimum absolute atomic E-state index is 0.615. The van der Waals surface area contributed by atoms with Crippen LogP contribution in [0.25, 0.3) is 0 Å². The van der Waals surface area contributed by atoms with E-state index in [1.165, 1.54) is 6.33 Å². The van der Waals surface area contributed by atoms with Crippen molar-refractivity contribution in [2.24, 2.45) is 0 Å². The summed E-state index contributed by atoms with van der Waals surface area (Å²) in [6.45, 7) is 1.38. The number of methoxy groups -OCH3 is 1. The Morgan fingerprint density at radius 2 is 1.86 bits per heavy atom. The molecule has 2 aromatic rings. The Balaban J connectivity index is 1.78. The van der Waals surface area contributed by atoms with Gasteiger partial charge in [-0.2, -0.15) is 0 Å². The van der Waals surface area contributed by atoms with Gasteiger partial charge in [0.2, 0.25) is 5.75 Å². The van der Waals surface area contributed by atoms with E-state index >= 15 is 0 Å². The largest absolute Gasteiger partial charge is 0.494 e. The number of para-hydroxylation sites is 1. The quantitative estimate of drug-likeness (QED) is 0.727. The average molecular weight is 288 g/mol. The molecule has 0 unspecified atom stereocenters. The van der Waals surface area contributed by atoms with E-state index in [4.69, 9.17) is 9.47 Å². The Bertz CT molecular complexity index is 549. The van der Waals surface area contributed by atoms with Gasteiger partial charge in [-0.25, -0.2) is 9.97 Å². The van der Waals surface area contributed by atoms with Crippen LogP contribution in [-0.2, 0) is 0 Å². The monoisotopic (exact) mass is 288 g/mol. The van der Waals surface area contributed by atoms with Gasteiger partial charge in [-0.3, -0.25) is 0 Å². The normalized spacial score (nSPS) is 10.0. The summed E-state index contributed by atoms with van der Waals surface area (Å²) >= 11 is 0. The van der Waals surface area contributed by atoms with Crippen LogP contribution in [0, 0.1) is 0 Å². The van der Waals surface area contributed by atoms with Gasteiger partial charge in [0.15, 0.2) is 11.6 Å². The van der Waals surface area contributed by atoms with Crippen LogP contribution in [0.1, 0.15) is 6.42 Å². The molecule has 6 heteroatoms. The topological polar surface area (TPSA) is 68.3 Å². The summed E-state index contributed by atoms with van der Waals surface area (Å²) in [6, 6.07) is 9.77. The lowest BCUT2D eigenvalue weighted by Crippen LogP contribution is -2.10. The van der Waals surface area contributed by atoms with Gasteiger partial charge >= 0.3 is 0 Å². The summed E-state index contributed by atoms with van der Waals surface area (Å²) in [5.41, 5.74) is 0. The summed E-state index contributed by atoms with van der Waals surface area (Å²) in [6.07, 6.45) is 2.36. The van der Waals surface area contributed by atoms with Crippen molar-refractivity contribution in [1.82, 2.24) is 9.97 Å².